The Bertz CT molecular complexity index is 799. The van der Waals surface area contributed by atoms with Crippen molar-refractivity contribution in [3.8, 4) is 0 Å². The first-order chi connectivity index (χ1) is 12.1. The van der Waals surface area contributed by atoms with Crippen LogP contribution in [0.2, 0.25) is 5.02 Å². The van der Waals surface area contributed by atoms with Gasteiger partial charge in [-0.15, -0.1) is 0 Å². The van der Waals surface area contributed by atoms with E-state index in [1.165, 1.54) is 30.3 Å². The predicted octanol–water partition coefficient (Wildman–Crippen LogP) is 2.84. The van der Waals surface area contributed by atoms with Gasteiger partial charge >= 0.3 is 18.0 Å². The first kappa shape index (κ1) is 19.7. The van der Waals surface area contributed by atoms with Gasteiger partial charge in [0.15, 0.2) is 0 Å². The van der Waals surface area contributed by atoms with Crippen molar-refractivity contribution in [1.82, 2.24) is 5.32 Å². The smallest absolute Gasteiger partial charge is 0.375 e. The maximum absolute atomic E-state index is 13.3. The molecule has 0 aromatic heterocycles. The summed E-state index contributed by atoms with van der Waals surface area (Å²) in [6.45, 7) is -1.23. The highest BCUT2D eigenvalue weighted by Crippen LogP contribution is 2.38. The minimum absolute atomic E-state index is 0.128. The monoisotopic (exact) mass is 386 g/mol. The molecule has 138 valence electrons. The lowest BCUT2D eigenvalue weighted by Crippen LogP contribution is -2.52. The molecule has 0 radical (unpaired) electrons. The third-order valence-corrected chi connectivity index (χ3v) is 3.88. The second-order valence-corrected chi connectivity index (χ2v) is 5.75. The number of nitrogens with one attached hydrogen (secondary N) is 2. The molecule has 2 rings (SSSR count). The number of amides is 2. The maximum atomic E-state index is 13.3. The summed E-state index contributed by atoms with van der Waals surface area (Å²) in [6.07, 6.45) is -5.07. The molecule has 3 N–H and O–H groups in total. The number of carbonyl (C=O) groups excluding carboxylic acids is 2. The van der Waals surface area contributed by atoms with Crippen LogP contribution >= 0.6 is 11.6 Å². The number of para-hydroxylation sites is 1. The summed E-state index contributed by atoms with van der Waals surface area (Å²) in [5.74, 6) is -2.56. The molecular weight excluding hydrogens is 373 g/mol. The van der Waals surface area contributed by atoms with Gasteiger partial charge in [-0.25, -0.2) is 0 Å². The molecule has 26 heavy (non-hydrogen) atoms. The molecule has 0 saturated carbocycles. The summed E-state index contributed by atoms with van der Waals surface area (Å²) in [4.78, 5) is 23.6. The number of aliphatic hydroxyl groups is 1. The fraction of sp³-hybridized carbons (Fsp3) is 0.176. The van der Waals surface area contributed by atoms with Crippen molar-refractivity contribution in [2.45, 2.75) is 11.8 Å². The fourth-order valence-electron chi connectivity index (χ4n) is 2.11. The zero-order valence-corrected chi connectivity index (χ0v) is 13.9. The minimum Gasteiger partial charge on any atom is -0.375 e. The molecule has 2 amide bonds. The van der Waals surface area contributed by atoms with E-state index in [1.54, 1.807) is 17.4 Å². The Morgan fingerprint density at radius 2 is 1.54 bits per heavy atom. The van der Waals surface area contributed by atoms with Gasteiger partial charge in [-0.2, -0.15) is 13.2 Å². The lowest BCUT2D eigenvalue weighted by Gasteiger charge is -2.31. The Hall–Kier alpha value is -2.58. The number of anilines is 1. The summed E-state index contributed by atoms with van der Waals surface area (Å²) in [5, 5.41) is 14.2. The van der Waals surface area contributed by atoms with Crippen molar-refractivity contribution < 1.29 is 27.9 Å². The van der Waals surface area contributed by atoms with Crippen LogP contribution in [0, 0.1) is 0 Å². The van der Waals surface area contributed by atoms with Crippen LogP contribution in [-0.4, -0.2) is 29.6 Å². The quantitative estimate of drug-likeness (QED) is 0.707. The van der Waals surface area contributed by atoms with Gasteiger partial charge < -0.3 is 15.7 Å². The van der Waals surface area contributed by atoms with E-state index < -0.39 is 35.7 Å². The van der Waals surface area contributed by atoms with Crippen molar-refractivity contribution in [3.63, 3.8) is 0 Å². The Morgan fingerprint density at radius 1 is 0.962 bits per heavy atom. The summed E-state index contributed by atoms with van der Waals surface area (Å²) >= 11 is 5.83. The van der Waals surface area contributed by atoms with Crippen molar-refractivity contribution in [2.24, 2.45) is 0 Å². The van der Waals surface area contributed by atoms with E-state index in [9.17, 15) is 27.9 Å². The zero-order chi connectivity index (χ0) is 19.4. The van der Waals surface area contributed by atoms with Crippen LogP contribution in [0.4, 0.5) is 18.9 Å². The minimum atomic E-state index is -5.07. The molecule has 2 aromatic rings. The van der Waals surface area contributed by atoms with Gasteiger partial charge in [-0.05, 0) is 17.7 Å². The number of benzene rings is 2. The Labute approximate surface area is 151 Å². The van der Waals surface area contributed by atoms with Crippen molar-refractivity contribution >= 4 is 29.1 Å². The lowest BCUT2D eigenvalue weighted by atomic mass is 9.93. The standard InChI is InChI=1S/C17H14ClF3N2O3/c18-12-8-4-5-9-13(12)23-15(25)14(24)22-10-16(26,17(19,20)21)11-6-2-1-3-7-11/h1-9,26H,10H2,(H,22,24)(H,23,25). The zero-order valence-electron chi connectivity index (χ0n) is 13.2. The van der Waals surface area contributed by atoms with Gasteiger partial charge in [0, 0.05) is 0 Å². The van der Waals surface area contributed by atoms with E-state index in [0.717, 1.165) is 12.1 Å². The van der Waals surface area contributed by atoms with Gasteiger partial charge in [0.2, 0.25) is 5.60 Å². The molecule has 1 unspecified atom stereocenters. The Morgan fingerprint density at radius 3 is 2.12 bits per heavy atom. The normalized spacial score (nSPS) is 13.6. The second-order valence-electron chi connectivity index (χ2n) is 5.34. The lowest BCUT2D eigenvalue weighted by molar-refractivity contribution is -0.264. The van der Waals surface area contributed by atoms with Crippen molar-refractivity contribution in [1.29, 1.82) is 0 Å². The summed E-state index contributed by atoms with van der Waals surface area (Å²) in [5.41, 5.74) is -3.67. The highest BCUT2D eigenvalue weighted by atomic mass is 35.5. The van der Waals surface area contributed by atoms with Gasteiger partial charge in [-0.3, -0.25) is 9.59 Å². The Balaban J connectivity index is 2.10. The molecule has 0 saturated heterocycles. The molecule has 1 atom stereocenters. The Kier molecular flexibility index (Phi) is 5.89. The predicted molar refractivity (Wildman–Crippen MR) is 89.5 cm³/mol. The molecule has 5 nitrogen and oxygen atoms in total. The van der Waals surface area contributed by atoms with Crippen LogP contribution < -0.4 is 10.6 Å². The number of rotatable bonds is 4. The largest absolute Gasteiger partial charge is 0.423 e. The van der Waals surface area contributed by atoms with E-state index >= 15 is 0 Å². The molecule has 0 aliphatic carbocycles. The average molecular weight is 387 g/mol. The average Bonchev–Trinajstić information content (AvgIpc) is 2.61. The molecule has 2 aromatic carbocycles. The van der Waals surface area contributed by atoms with Gasteiger partial charge in [0.1, 0.15) is 0 Å². The van der Waals surface area contributed by atoms with Crippen molar-refractivity contribution in [2.75, 3.05) is 11.9 Å². The van der Waals surface area contributed by atoms with Crippen molar-refractivity contribution in [3.05, 3.63) is 65.2 Å². The van der Waals surface area contributed by atoms with Crippen LogP contribution in [0.25, 0.3) is 0 Å². The van der Waals surface area contributed by atoms with Crippen LogP contribution in [-0.2, 0) is 15.2 Å². The number of hydrogen-bond donors (Lipinski definition) is 3. The molecule has 0 spiro atoms. The number of halogens is 4. The molecule has 0 bridgehead atoms. The van der Waals surface area contributed by atoms with E-state index in [-0.39, 0.29) is 10.7 Å². The second kappa shape index (κ2) is 7.76. The van der Waals surface area contributed by atoms with E-state index in [0.29, 0.717) is 0 Å². The van der Waals surface area contributed by atoms with E-state index in [4.69, 9.17) is 11.6 Å². The fourth-order valence-corrected chi connectivity index (χ4v) is 2.29. The van der Waals surface area contributed by atoms with E-state index in [1.807, 2.05) is 0 Å². The van der Waals surface area contributed by atoms with Crippen LogP contribution in [0.1, 0.15) is 5.56 Å². The molecule has 0 heterocycles. The van der Waals surface area contributed by atoms with Gasteiger partial charge in [0.05, 0.1) is 17.3 Å². The number of hydrogen-bond acceptors (Lipinski definition) is 3. The SMILES string of the molecule is O=C(NCC(O)(c1ccccc1)C(F)(F)F)C(=O)Nc1ccccc1Cl. The molecule has 0 fully saturated rings. The van der Waals surface area contributed by atoms with Crippen LogP contribution in [0.3, 0.4) is 0 Å². The highest BCUT2D eigenvalue weighted by molar-refractivity contribution is 6.41. The van der Waals surface area contributed by atoms with Gasteiger partial charge in [-0.1, -0.05) is 54.1 Å². The van der Waals surface area contributed by atoms with E-state index in [2.05, 4.69) is 5.32 Å². The molecule has 0 aliphatic rings. The summed E-state index contributed by atoms with van der Waals surface area (Å²) < 4.78 is 40.0. The topological polar surface area (TPSA) is 78.4 Å². The molecular formula is C17H14ClF3N2O3. The highest BCUT2D eigenvalue weighted by Gasteiger charge is 2.55. The molecule has 0 aliphatic heterocycles. The van der Waals surface area contributed by atoms with Gasteiger partial charge in [0.25, 0.3) is 0 Å². The summed E-state index contributed by atoms with van der Waals surface area (Å²) in [6, 6.07) is 12.3. The number of carbonyl (C=O) groups is 2. The maximum Gasteiger partial charge on any atom is 0.423 e. The first-order valence-corrected chi connectivity index (χ1v) is 7.71. The van der Waals surface area contributed by atoms with Crippen LogP contribution in [0.15, 0.2) is 54.6 Å². The molecule has 9 heteroatoms. The first-order valence-electron chi connectivity index (χ1n) is 7.33. The third kappa shape index (κ3) is 4.33. The summed E-state index contributed by atoms with van der Waals surface area (Å²) in [7, 11) is 0. The number of alkyl halides is 3. The van der Waals surface area contributed by atoms with Crippen LogP contribution in [0.5, 0.6) is 0 Å². The third-order valence-electron chi connectivity index (χ3n) is 3.55.